The molecule has 7 heavy (non-hydrogen) atoms. The molecule has 3 N–H and O–H groups in total. The first-order chi connectivity index (χ1) is 3.31. The summed E-state index contributed by atoms with van der Waals surface area (Å²) in [4.78, 5) is 0. The predicted molar refractivity (Wildman–Crippen MR) is 31.9 cm³/mol. The van der Waals surface area contributed by atoms with E-state index in [1.54, 1.807) is 6.20 Å². The van der Waals surface area contributed by atoms with Crippen molar-refractivity contribution in [2.45, 2.75) is 6.92 Å². The number of hydrogen-bond acceptors (Lipinski definition) is 2. The Morgan fingerprint density at radius 2 is 2.43 bits per heavy atom. The van der Waals surface area contributed by atoms with Crippen LogP contribution < -0.4 is 11.1 Å². The number of likely N-dealkylation sites (N-methyl/N-ethyl adjacent to an activating group) is 1. The van der Waals surface area contributed by atoms with Gasteiger partial charge in [0.1, 0.15) is 0 Å². The third-order valence-electron chi connectivity index (χ3n) is 0.740. The molecular weight excluding hydrogens is 88.1 g/mol. The van der Waals surface area contributed by atoms with Gasteiger partial charge in [-0.3, -0.25) is 0 Å². The molecule has 0 heterocycles. The second kappa shape index (κ2) is 3.68. The Kier molecular flexibility index (Phi) is 3.42. The summed E-state index contributed by atoms with van der Waals surface area (Å²) in [6.45, 7) is 2.87. The Morgan fingerprint density at radius 3 is 2.57 bits per heavy atom. The molecule has 0 aromatic carbocycles. The highest BCUT2D eigenvalue weighted by Crippen LogP contribution is 1.81. The molecule has 0 bridgehead atoms. The first-order valence-electron chi connectivity index (χ1n) is 2.33. The summed E-state index contributed by atoms with van der Waals surface area (Å²) in [6, 6.07) is 0. The Morgan fingerprint density at radius 1 is 1.86 bits per heavy atom. The van der Waals surface area contributed by atoms with E-state index in [9.17, 15) is 0 Å². The third-order valence-corrected chi connectivity index (χ3v) is 0.740. The first kappa shape index (κ1) is 6.50. The van der Waals surface area contributed by atoms with Crippen LogP contribution >= 0.6 is 0 Å². The molecule has 0 aromatic rings. The van der Waals surface area contributed by atoms with Gasteiger partial charge >= 0.3 is 0 Å². The van der Waals surface area contributed by atoms with Gasteiger partial charge in [0.15, 0.2) is 0 Å². The van der Waals surface area contributed by atoms with Crippen molar-refractivity contribution in [3.63, 3.8) is 0 Å². The standard InChI is InChI=1S/C5H12N2/c1-5(3-6)4-7-2/h3,7H,4,6H2,1-2H3/b5-3-. The highest BCUT2D eigenvalue weighted by atomic mass is 14.8. The molecule has 0 amide bonds. The van der Waals surface area contributed by atoms with Crippen LogP contribution in [0.5, 0.6) is 0 Å². The Labute approximate surface area is 44.4 Å². The summed E-state index contributed by atoms with van der Waals surface area (Å²) in [5.74, 6) is 0. The van der Waals surface area contributed by atoms with Gasteiger partial charge in [0, 0.05) is 6.54 Å². The molecular formula is C5H12N2. The second-order valence-electron chi connectivity index (χ2n) is 1.54. The molecule has 0 aliphatic heterocycles. The summed E-state index contributed by atoms with van der Waals surface area (Å²) in [7, 11) is 1.90. The van der Waals surface area contributed by atoms with Crippen LogP contribution in [0.1, 0.15) is 6.92 Å². The van der Waals surface area contributed by atoms with Gasteiger partial charge in [-0.25, -0.2) is 0 Å². The molecule has 0 aromatic heterocycles. The van der Waals surface area contributed by atoms with E-state index >= 15 is 0 Å². The fraction of sp³-hybridized carbons (Fsp3) is 0.600. The molecule has 0 radical (unpaired) electrons. The molecule has 0 saturated carbocycles. The van der Waals surface area contributed by atoms with Crippen LogP contribution in [0.25, 0.3) is 0 Å². The van der Waals surface area contributed by atoms with Gasteiger partial charge in [0.25, 0.3) is 0 Å². The minimum Gasteiger partial charge on any atom is -0.405 e. The van der Waals surface area contributed by atoms with Crippen molar-refractivity contribution in [3.8, 4) is 0 Å². The molecule has 0 aliphatic rings. The molecule has 0 saturated heterocycles. The average molecular weight is 100 g/mol. The van der Waals surface area contributed by atoms with E-state index in [1.165, 1.54) is 5.57 Å². The van der Waals surface area contributed by atoms with Crippen LogP contribution in [-0.2, 0) is 0 Å². The highest BCUT2D eigenvalue weighted by Gasteiger charge is 1.78. The van der Waals surface area contributed by atoms with Gasteiger partial charge in [-0.1, -0.05) is 0 Å². The molecule has 42 valence electrons. The summed E-state index contributed by atoms with van der Waals surface area (Å²) >= 11 is 0. The van der Waals surface area contributed by atoms with E-state index < -0.39 is 0 Å². The number of nitrogens with two attached hydrogens (primary N) is 1. The lowest BCUT2D eigenvalue weighted by Crippen LogP contribution is -2.09. The van der Waals surface area contributed by atoms with Gasteiger partial charge < -0.3 is 11.1 Å². The van der Waals surface area contributed by atoms with Crippen LogP contribution in [0, 0.1) is 0 Å². The topological polar surface area (TPSA) is 38.0 Å². The van der Waals surface area contributed by atoms with Gasteiger partial charge in [0.2, 0.25) is 0 Å². The van der Waals surface area contributed by atoms with Gasteiger partial charge in [-0.15, -0.1) is 0 Å². The van der Waals surface area contributed by atoms with E-state index in [2.05, 4.69) is 5.32 Å². The van der Waals surface area contributed by atoms with Gasteiger partial charge in [-0.05, 0) is 25.7 Å². The molecule has 2 nitrogen and oxygen atoms in total. The summed E-state index contributed by atoms with van der Waals surface area (Å²) in [5.41, 5.74) is 6.33. The number of hydrogen-bond donors (Lipinski definition) is 2. The van der Waals surface area contributed by atoms with E-state index in [0.29, 0.717) is 0 Å². The lowest BCUT2D eigenvalue weighted by molar-refractivity contribution is 0.877. The fourth-order valence-electron chi connectivity index (χ4n) is 0.338. The van der Waals surface area contributed by atoms with Crippen molar-refractivity contribution in [3.05, 3.63) is 11.8 Å². The van der Waals surface area contributed by atoms with Crippen LogP contribution in [0.4, 0.5) is 0 Å². The molecule has 0 unspecified atom stereocenters. The average Bonchev–Trinajstić information content (AvgIpc) is 1.68. The Bertz CT molecular complexity index is 66.5. The summed E-state index contributed by atoms with van der Waals surface area (Å²) in [6.07, 6.45) is 1.61. The van der Waals surface area contributed by atoms with Gasteiger partial charge in [-0.2, -0.15) is 0 Å². The van der Waals surface area contributed by atoms with Crippen LogP contribution in [0.15, 0.2) is 11.8 Å². The minimum absolute atomic E-state index is 0.885. The van der Waals surface area contributed by atoms with Crippen molar-refractivity contribution in [2.24, 2.45) is 5.73 Å². The van der Waals surface area contributed by atoms with E-state index in [-0.39, 0.29) is 0 Å². The molecule has 0 fully saturated rings. The fourth-order valence-corrected chi connectivity index (χ4v) is 0.338. The third kappa shape index (κ3) is 3.33. The maximum absolute atomic E-state index is 5.16. The zero-order valence-electron chi connectivity index (χ0n) is 4.86. The van der Waals surface area contributed by atoms with Gasteiger partial charge in [0.05, 0.1) is 0 Å². The molecule has 0 rings (SSSR count). The lowest BCUT2D eigenvalue weighted by Gasteiger charge is -1.93. The first-order valence-corrected chi connectivity index (χ1v) is 2.33. The monoisotopic (exact) mass is 100 g/mol. The van der Waals surface area contributed by atoms with Crippen LogP contribution in [0.2, 0.25) is 0 Å². The summed E-state index contributed by atoms with van der Waals surface area (Å²) < 4.78 is 0. The quantitative estimate of drug-likeness (QED) is 0.515. The summed E-state index contributed by atoms with van der Waals surface area (Å²) in [5, 5.41) is 2.97. The zero-order valence-corrected chi connectivity index (χ0v) is 4.86. The largest absolute Gasteiger partial charge is 0.405 e. The van der Waals surface area contributed by atoms with E-state index in [4.69, 9.17) is 5.73 Å². The molecule has 0 atom stereocenters. The van der Waals surface area contributed by atoms with Crippen molar-refractivity contribution < 1.29 is 0 Å². The maximum atomic E-state index is 5.16. The second-order valence-corrected chi connectivity index (χ2v) is 1.54. The van der Waals surface area contributed by atoms with E-state index in [1.807, 2.05) is 14.0 Å². The van der Waals surface area contributed by atoms with Crippen molar-refractivity contribution in [2.75, 3.05) is 13.6 Å². The zero-order chi connectivity index (χ0) is 5.70. The molecule has 0 spiro atoms. The normalized spacial score (nSPS) is 12.0. The smallest absolute Gasteiger partial charge is 0.0176 e. The molecule has 0 aliphatic carbocycles. The highest BCUT2D eigenvalue weighted by molar-refractivity contribution is 4.96. The van der Waals surface area contributed by atoms with Crippen molar-refractivity contribution >= 4 is 0 Å². The predicted octanol–water partition coefficient (Wildman–Crippen LogP) is 0.0683. The SMILES string of the molecule is CNC/C(C)=C\N. The number of rotatable bonds is 2. The minimum atomic E-state index is 0.885. The van der Waals surface area contributed by atoms with Crippen molar-refractivity contribution in [1.82, 2.24) is 5.32 Å². The van der Waals surface area contributed by atoms with E-state index in [0.717, 1.165) is 6.54 Å². The maximum Gasteiger partial charge on any atom is 0.0176 e. The van der Waals surface area contributed by atoms with Crippen LogP contribution in [0.3, 0.4) is 0 Å². The number of nitrogens with one attached hydrogen (secondary N) is 1. The lowest BCUT2D eigenvalue weighted by atomic mass is 10.3. The Balaban J connectivity index is 3.17. The van der Waals surface area contributed by atoms with Crippen molar-refractivity contribution in [1.29, 1.82) is 0 Å². The van der Waals surface area contributed by atoms with Crippen LogP contribution in [-0.4, -0.2) is 13.6 Å². The Hall–Kier alpha value is -0.500. The molecule has 2 heteroatoms.